The number of pyridine rings is 1. The topological polar surface area (TPSA) is 91.8 Å². The van der Waals surface area contributed by atoms with E-state index in [9.17, 15) is 18.0 Å². The maximum absolute atomic E-state index is 12.7. The number of piperidine rings is 1. The van der Waals surface area contributed by atoms with Crippen LogP contribution in [0.5, 0.6) is 5.88 Å². The van der Waals surface area contributed by atoms with Crippen LogP contribution < -0.4 is 15.0 Å². The molecule has 1 amide bonds. The molecule has 0 radical (unpaired) electrons. The van der Waals surface area contributed by atoms with E-state index in [1.54, 1.807) is 26.1 Å². The zero-order valence-electron chi connectivity index (χ0n) is 14.6. The van der Waals surface area contributed by atoms with Gasteiger partial charge in [0.25, 0.3) is 5.91 Å². The van der Waals surface area contributed by atoms with E-state index in [2.05, 4.69) is 10.3 Å². The van der Waals surface area contributed by atoms with E-state index in [0.29, 0.717) is 16.6 Å². The summed E-state index contributed by atoms with van der Waals surface area (Å²) in [5, 5.41) is 11.0. The highest BCUT2D eigenvalue weighted by Crippen LogP contribution is 2.39. The summed E-state index contributed by atoms with van der Waals surface area (Å²) in [6.07, 6.45) is -1.69. The molecule has 1 saturated heterocycles. The van der Waals surface area contributed by atoms with Gasteiger partial charge in [-0.2, -0.15) is 13.2 Å². The van der Waals surface area contributed by atoms with Gasteiger partial charge >= 0.3 is 12.1 Å². The Balaban J connectivity index is 0.000000321. The van der Waals surface area contributed by atoms with Crippen LogP contribution in [0.1, 0.15) is 26.7 Å². The highest BCUT2D eigenvalue weighted by Gasteiger charge is 2.44. The highest BCUT2D eigenvalue weighted by atomic mass is 35.5. The van der Waals surface area contributed by atoms with Gasteiger partial charge in [0.15, 0.2) is 5.60 Å². The molecule has 0 bridgehead atoms. The van der Waals surface area contributed by atoms with E-state index in [1.807, 2.05) is 4.90 Å². The number of nitrogens with zero attached hydrogens (tertiary/aromatic N) is 2. The predicted octanol–water partition coefficient (Wildman–Crippen LogP) is 2.62. The number of ether oxygens (including phenoxy) is 1. The van der Waals surface area contributed by atoms with Crippen LogP contribution in [0.3, 0.4) is 0 Å². The molecule has 2 N–H and O–H groups in total. The summed E-state index contributed by atoms with van der Waals surface area (Å²) in [5.74, 6) is -2.30. The molecule has 27 heavy (non-hydrogen) atoms. The normalized spacial score (nSPS) is 19.5. The van der Waals surface area contributed by atoms with E-state index >= 15 is 0 Å². The molecule has 2 aliphatic rings. The van der Waals surface area contributed by atoms with Gasteiger partial charge in [-0.15, -0.1) is 0 Å². The van der Waals surface area contributed by atoms with E-state index in [-0.39, 0.29) is 11.9 Å². The number of hydrogen-bond acceptors (Lipinski definition) is 5. The second kappa shape index (κ2) is 7.89. The van der Waals surface area contributed by atoms with Gasteiger partial charge in [0, 0.05) is 12.2 Å². The first kappa shape index (κ1) is 21.2. The second-order valence-corrected chi connectivity index (χ2v) is 6.99. The number of rotatable bonds is 1. The summed E-state index contributed by atoms with van der Waals surface area (Å²) in [6.45, 7) is 5.39. The fraction of sp³-hybridized carbons (Fsp3) is 0.562. The third-order valence-electron chi connectivity index (χ3n) is 4.06. The number of carbonyl (C=O) groups excluding carboxylic acids is 1. The summed E-state index contributed by atoms with van der Waals surface area (Å²) < 4.78 is 37.5. The molecule has 2 aliphatic heterocycles. The van der Waals surface area contributed by atoms with Gasteiger partial charge in [-0.1, -0.05) is 11.6 Å². The first-order chi connectivity index (χ1) is 12.4. The Labute approximate surface area is 158 Å². The number of anilines is 1. The Bertz CT molecular complexity index is 721. The minimum Gasteiger partial charge on any atom is -0.475 e. The molecule has 150 valence electrons. The van der Waals surface area contributed by atoms with Crippen molar-refractivity contribution >= 4 is 29.2 Å². The van der Waals surface area contributed by atoms with Crippen LogP contribution in [0.4, 0.5) is 18.9 Å². The van der Waals surface area contributed by atoms with Gasteiger partial charge in [-0.3, -0.25) is 4.79 Å². The average molecular weight is 410 g/mol. The van der Waals surface area contributed by atoms with E-state index in [0.717, 1.165) is 25.9 Å². The summed E-state index contributed by atoms with van der Waals surface area (Å²) >= 11 is 6.03. The Kier molecular flexibility index (Phi) is 6.21. The molecule has 0 atom stereocenters. The summed E-state index contributed by atoms with van der Waals surface area (Å²) in [5.41, 5.74) is -0.202. The maximum atomic E-state index is 12.7. The van der Waals surface area contributed by atoms with Crippen LogP contribution in [-0.4, -0.2) is 52.9 Å². The van der Waals surface area contributed by atoms with Crippen molar-refractivity contribution in [3.63, 3.8) is 0 Å². The van der Waals surface area contributed by atoms with E-state index in [1.165, 1.54) is 0 Å². The molecule has 0 unspecified atom stereocenters. The summed E-state index contributed by atoms with van der Waals surface area (Å²) in [4.78, 5) is 27.7. The van der Waals surface area contributed by atoms with Crippen molar-refractivity contribution in [2.75, 3.05) is 18.0 Å². The number of halogens is 4. The largest absolute Gasteiger partial charge is 0.490 e. The lowest BCUT2D eigenvalue weighted by Gasteiger charge is -2.43. The molecule has 11 heteroatoms. The van der Waals surface area contributed by atoms with Crippen molar-refractivity contribution in [2.45, 2.75) is 44.5 Å². The molecule has 0 spiro atoms. The lowest BCUT2D eigenvalue weighted by molar-refractivity contribution is -0.192. The van der Waals surface area contributed by atoms with E-state index in [4.69, 9.17) is 26.2 Å². The van der Waals surface area contributed by atoms with Gasteiger partial charge in [0.2, 0.25) is 5.88 Å². The molecule has 0 aromatic carbocycles. The Morgan fingerprint density at radius 3 is 2.48 bits per heavy atom. The minimum absolute atomic E-state index is 0.0269. The molecule has 7 nitrogen and oxygen atoms in total. The Hall–Kier alpha value is -2.07. The van der Waals surface area contributed by atoms with Crippen LogP contribution in [0, 0.1) is 0 Å². The minimum atomic E-state index is -5.08. The van der Waals surface area contributed by atoms with E-state index < -0.39 is 17.7 Å². The highest BCUT2D eigenvalue weighted by molar-refractivity contribution is 6.30. The average Bonchev–Trinajstić information content (AvgIpc) is 2.57. The first-order valence-corrected chi connectivity index (χ1v) is 8.50. The molecule has 0 saturated carbocycles. The molecular formula is C16H19ClF3N3O4. The lowest BCUT2D eigenvalue weighted by Crippen LogP contribution is -2.57. The van der Waals surface area contributed by atoms with Gasteiger partial charge in [0.1, 0.15) is 5.69 Å². The third-order valence-corrected chi connectivity index (χ3v) is 4.27. The predicted molar refractivity (Wildman–Crippen MR) is 91.0 cm³/mol. The smallest absolute Gasteiger partial charge is 0.475 e. The fourth-order valence-electron chi connectivity index (χ4n) is 2.78. The van der Waals surface area contributed by atoms with Crippen LogP contribution in [-0.2, 0) is 9.59 Å². The van der Waals surface area contributed by atoms with Gasteiger partial charge in [-0.25, -0.2) is 9.78 Å². The molecule has 3 rings (SSSR count). The van der Waals surface area contributed by atoms with Crippen molar-refractivity contribution < 1.29 is 32.6 Å². The lowest BCUT2D eigenvalue weighted by atomic mass is 9.98. The number of hydrogen-bond donors (Lipinski definition) is 2. The molecule has 1 aromatic rings. The van der Waals surface area contributed by atoms with Crippen molar-refractivity contribution in [3.05, 3.63) is 17.3 Å². The zero-order chi connectivity index (χ0) is 20.4. The summed E-state index contributed by atoms with van der Waals surface area (Å²) in [7, 11) is 0. The van der Waals surface area contributed by atoms with Crippen molar-refractivity contribution in [3.8, 4) is 5.88 Å². The van der Waals surface area contributed by atoms with Crippen LogP contribution >= 0.6 is 11.6 Å². The fourth-order valence-corrected chi connectivity index (χ4v) is 2.93. The van der Waals surface area contributed by atoms with Gasteiger partial charge in [-0.05, 0) is 45.8 Å². The number of fused-ring (bicyclic) bond motifs is 1. The Morgan fingerprint density at radius 2 is 1.96 bits per heavy atom. The number of carboxylic acid groups (broad SMARTS) is 1. The maximum Gasteiger partial charge on any atom is 0.490 e. The van der Waals surface area contributed by atoms with Gasteiger partial charge < -0.3 is 20.1 Å². The monoisotopic (exact) mass is 409 g/mol. The molecular weight excluding hydrogens is 391 g/mol. The number of aromatic nitrogens is 1. The van der Waals surface area contributed by atoms with Crippen molar-refractivity contribution in [1.29, 1.82) is 0 Å². The number of nitrogens with one attached hydrogen (secondary N) is 1. The number of carboxylic acids is 1. The SMILES string of the molecule is CC1(C)Oc2ncc(Cl)cc2N(C2CCNCC2)C1=O.O=C(O)C(F)(F)F. The van der Waals surface area contributed by atoms with Crippen molar-refractivity contribution in [2.24, 2.45) is 0 Å². The molecule has 0 aliphatic carbocycles. The van der Waals surface area contributed by atoms with Crippen LogP contribution in [0.15, 0.2) is 12.3 Å². The molecule has 1 aromatic heterocycles. The quantitative estimate of drug-likeness (QED) is 0.741. The first-order valence-electron chi connectivity index (χ1n) is 8.12. The van der Waals surface area contributed by atoms with Crippen LogP contribution in [0.25, 0.3) is 0 Å². The van der Waals surface area contributed by atoms with Crippen molar-refractivity contribution in [1.82, 2.24) is 10.3 Å². The zero-order valence-corrected chi connectivity index (χ0v) is 15.4. The van der Waals surface area contributed by atoms with Gasteiger partial charge in [0.05, 0.1) is 5.02 Å². The molecule has 1 fully saturated rings. The number of aliphatic carboxylic acids is 1. The number of carbonyl (C=O) groups is 2. The third kappa shape index (κ3) is 5.01. The van der Waals surface area contributed by atoms with Crippen LogP contribution in [0.2, 0.25) is 5.02 Å². The summed E-state index contributed by atoms with van der Waals surface area (Å²) in [6, 6.07) is 1.94. The molecule has 3 heterocycles. The second-order valence-electron chi connectivity index (χ2n) is 6.55. The standard InChI is InChI=1S/C14H18ClN3O2.C2HF3O2/c1-14(2)13(19)18(10-3-5-16-6-4-10)11-7-9(15)8-17-12(11)20-14;3-2(4,5)1(6)7/h7-8,10,16H,3-6H2,1-2H3;(H,6,7). The Morgan fingerprint density at radius 1 is 1.41 bits per heavy atom. The number of amides is 1. The number of alkyl halides is 3.